The fourth-order valence-corrected chi connectivity index (χ4v) is 6.19. The van der Waals surface area contributed by atoms with Gasteiger partial charge in [0, 0.05) is 25.4 Å². The predicted octanol–water partition coefficient (Wildman–Crippen LogP) is 5.39. The van der Waals surface area contributed by atoms with Crippen LogP contribution in [-0.4, -0.2) is 70.5 Å². The first-order valence-corrected chi connectivity index (χ1v) is 13.7. The number of rotatable bonds is 9. The van der Waals surface area contributed by atoms with Crippen molar-refractivity contribution in [3.63, 3.8) is 0 Å². The first kappa shape index (κ1) is 25.7. The van der Waals surface area contributed by atoms with Crippen molar-refractivity contribution in [1.82, 2.24) is 19.9 Å². The molecule has 2 aliphatic heterocycles. The van der Waals surface area contributed by atoms with Gasteiger partial charge in [0.25, 0.3) is 0 Å². The van der Waals surface area contributed by atoms with Crippen LogP contribution in [0.4, 0.5) is 10.2 Å². The molecule has 39 heavy (non-hydrogen) atoms. The highest BCUT2D eigenvalue weighted by Gasteiger charge is 2.45. The molecule has 2 aliphatic rings. The minimum Gasteiger partial charge on any atom is -0.508 e. The molecule has 1 unspecified atom stereocenters. The van der Waals surface area contributed by atoms with Crippen LogP contribution in [0.3, 0.4) is 0 Å². The maximum atomic E-state index is 16.3. The summed E-state index contributed by atoms with van der Waals surface area (Å²) in [6.45, 7) is 5.89. The minimum atomic E-state index is -0.579. The third-order valence-electron chi connectivity index (χ3n) is 8.12. The van der Waals surface area contributed by atoms with Crippen molar-refractivity contribution < 1.29 is 19.0 Å². The van der Waals surface area contributed by atoms with Crippen molar-refractivity contribution in [3.8, 4) is 23.0 Å². The number of hydrogen-bond acceptors (Lipinski definition) is 8. The second-order valence-corrected chi connectivity index (χ2v) is 10.9. The van der Waals surface area contributed by atoms with E-state index < -0.39 is 5.82 Å². The van der Waals surface area contributed by atoms with Gasteiger partial charge in [0.15, 0.2) is 5.82 Å². The van der Waals surface area contributed by atoms with Crippen LogP contribution in [0.25, 0.3) is 32.9 Å². The SMILES string of the molecule is COCC(C)CNc1nc(OCC23CCCN2CCC3)nc2c(F)c(-c3cc(O)cc4ccccc34)ncc12. The highest BCUT2D eigenvalue weighted by molar-refractivity contribution is 5.99. The van der Waals surface area contributed by atoms with E-state index in [4.69, 9.17) is 9.47 Å². The van der Waals surface area contributed by atoms with Crippen LogP contribution in [0, 0.1) is 11.7 Å². The molecule has 0 spiro atoms. The molecule has 204 valence electrons. The minimum absolute atomic E-state index is 0.0152. The lowest BCUT2D eigenvalue weighted by atomic mass is 9.95. The first-order valence-electron chi connectivity index (χ1n) is 13.7. The smallest absolute Gasteiger partial charge is 0.319 e. The van der Waals surface area contributed by atoms with Gasteiger partial charge in [-0.15, -0.1) is 0 Å². The van der Waals surface area contributed by atoms with Crippen molar-refractivity contribution >= 4 is 27.5 Å². The van der Waals surface area contributed by atoms with Crippen LogP contribution < -0.4 is 10.1 Å². The van der Waals surface area contributed by atoms with E-state index in [9.17, 15) is 5.11 Å². The maximum absolute atomic E-state index is 16.3. The molecule has 2 saturated heterocycles. The Bertz CT molecular complexity index is 1500. The predicted molar refractivity (Wildman–Crippen MR) is 150 cm³/mol. The summed E-state index contributed by atoms with van der Waals surface area (Å²) in [5, 5.41) is 15.8. The van der Waals surface area contributed by atoms with Crippen LogP contribution in [0.5, 0.6) is 11.8 Å². The second kappa shape index (κ2) is 10.5. The Balaban J connectivity index is 1.42. The van der Waals surface area contributed by atoms with E-state index >= 15 is 4.39 Å². The molecular formula is C30H34FN5O3. The zero-order valence-corrected chi connectivity index (χ0v) is 22.4. The molecular weight excluding hydrogens is 497 g/mol. The Morgan fingerprint density at radius 1 is 1.13 bits per heavy atom. The highest BCUT2D eigenvalue weighted by atomic mass is 19.1. The monoisotopic (exact) mass is 531 g/mol. The lowest BCUT2D eigenvalue weighted by Gasteiger charge is -2.31. The molecule has 8 nitrogen and oxygen atoms in total. The van der Waals surface area contributed by atoms with Gasteiger partial charge >= 0.3 is 6.01 Å². The Hall–Kier alpha value is -3.56. The molecule has 2 fully saturated rings. The van der Waals surface area contributed by atoms with Crippen LogP contribution in [0.15, 0.2) is 42.6 Å². The second-order valence-electron chi connectivity index (χ2n) is 10.9. The molecule has 0 bridgehead atoms. The lowest BCUT2D eigenvalue weighted by Crippen LogP contribution is -2.43. The number of benzene rings is 2. The van der Waals surface area contributed by atoms with E-state index in [0.29, 0.717) is 36.5 Å². The van der Waals surface area contributed by atoms with Crippen molar-refractivity contribution in [2.45, 2.75) is 38.1 Å². The van der Waals surface area contributed by atoms with Crippen LogP contribution in [0.1, 0.15) is 32.6 Å². The number of phenolic OH excluding ortho intramolecular Hbond substituents is 1. The van der Waals surface area contributed by atoms with E-state index in [2.05, 4.69) is 32.1 Å². The zero-order valence-electron chi connectivity index (χ0n) is 22.4. The van der Waals surface area contributed by atoms with Crippen molar-refractivity contribution in [3.05, 3.63) is 48.4 Å². The average Bonchev–Trinajstić information content (AvgIpc) is 3.51. The standard InChI is InChI=1S/C30H34FN5O3/c1-19(17-38-2)15-33-28-24-16-32-26(23-14-21(37)13-20-7-3-4-8-22(20)23)25(31)27(24)34-29(35-28)39-18-30-9-5-11-36(30)12-6-10-30/h3-4,7-8,13-14,16,19,37H,5-6,9-12,15,17-18H2,1-2H3,(H,33,34,35). The number of hydrogen-bond donors (Lipinski definition) is 2. The Morgan fingerprint density at radius 3 is 2.72 bits per heavy atom. The molecule has 6 rings (SSSR count). The summed E-state index contributed by atoms with van der Waals surface area (Å²) in [7, 11) is 1.67. The molecule has 4 aromatic rings. The maximum Gasteiger partial charge on any atom is 0.319 e. The van der Waals surface area contributed by atoms with Gasteiger partial charge in [-0.05, 0) is 67.6 Å². The number of ether oxygens (including phenoxy) is 2. The molecule has 4 heterocycles. The van der Waals surface area contributed by atoms with Gasteiger partial charge in [0.05, 0.1) is 17.5 Å². The normalized spacial score (nSPS) is 17.5. The van der Waals surface area contributed by atoms with E-state index in [1.54, 1.807) is 19.4 Å². The van der Waals surface area contributed by atoms with Gasteiger partial charge in [0.2, 0.25) is 0 Å². The number of halogens is 1. The molecule has 0 amide bonds. The Kier molecular flexibility index (Phi) is 6.95. The number of methoxy groups -OCH3 is 1. The van der Waals surface area contributed by atoms with Gasteiger partial charge in [0.1, 0.15) is 29.4 Å². The van der Waals surface area contributed by atoms with Crippen molar-refractivity contribution in [2.75, 3.05) is 45.3 Å². The summed E-state index contributed by atoms with van der Waals surface area (Å²) >= 11 is 0. The van der Waals surface area contributed by atoms with Crippen LogP contribution in [0.2, 0.25) is 0 Å². The quantitative estimate of drug-likeness (QED) is 0.297. The fraction of sp³-hybridized carbons (Fsp3) is 0.433. The number of phenols is 1. The molecule has 0 aliphatic carbocycles. The summed E-state index contributed by atoms with van der Waals surface area (Å²) in [6, 6.07) is 10.9. The van der Waals surface area contributed by atoms with Gasteiger partial charge in [-0.25, -0.2) is 4.39 Å². The molecule has 2 aromatic heterocycles. The summed E-state index contributed by atoms with van der Waals surface area (Å²) in [5.41, 5.74) is 0.767. The summed E-state index contributed by atoms with van der Waals surface area (Å²) in [5.74, 6) is 0.154. The molecule has 2 aromatic carbocycles. The largest absolute Gasteiger partial charge is 0.508 e. The van der Waals surface area contributed by atoms with E-state index in [-0.39, 0.29) is 34.4 Å². The van der Waals surface area contributed by atoms with Gasteiger partial charge in [-0.2, -0.15) is 9.97 Å². The van der Waals surface area contributed by atoms with E-state index in [1.165, 1.54) is 6.07 Å². The number of nitrogens with one attached hydrogen (secondary N) is 1. The highest BCUT2D eigenvalue weighted by Crippen LogP contribution is 2.40. The third-order valence-corrected chi connectivity index (χ3v) is 8.12. The number of fused-ring (bicyclic) bond motifs is 3. The van der Waals surface area contributed by atoms with Crippen LogP contribution in [-0.2, 0) is 4.74 Å². The number of aromatic nitrogens is 3. The van der Waals surface area contributed by atoms with Crippen molar-refractivity contribution in [1.29, 1.82) is 0 Å². The zero-order chi connectivity index (χ0) is 27.0. The fourth-order valence-electron chi connectivity index (χ4n) is 6.19. The Morgan fingerprint density at radius 2 is 1.92 bits per heavy atom. The van der Waals surface area contributed by atoms with Gasteiger partial charge < -0.3 is 19.9 Å². The lowest BCUT2D eigenvalue weighted by molar-refractivity contribution is 0.108. The van der Waals surface area contributed by atoms with Gasteiger partial charge in [-0.1, -0.05) is 31.2 Å². The molecule has 9 heteroatoms. The number of anilines is 1. The number of aromatic hydroxyl groups is 1. The van der Waals surface area contributed by atoms with E-state index in [1.807, 2.05) is 24.3 Å². The first-order chi connectivity index (χ1) is 19.0. The number of pyridine rings is 1. The van der Waals surface area contributed by atoms with Gasteiger partial charge in [-0.3, -0.25) is 9.88 Å². The number of nitrogens with zero attached hydrogens (tertiary/aromatic N) is 4. The molecule has 1 atom stereocenters. The molecule has 0 saturated carbocycles. The van der Waals surface area contributed by atoms with Crippen LogP contribution >= 0.6 is 0 Å². The Labute approximate surface area is 227 Å². The molecule has 2 N–H and O–H groups in total. The van der Waals surface area contributed by atoms with E-state index in [0.717, 1.165) is 49.5 Å². The summed E-state index contributed by atoms with van der Waals surface area (Å²) < 4.78 is 27.8. The third kappa shape index (κ3) is 4.85. The molecule has 0 radical (unpaired) electrons. The average molecular weight is 532 g/mol. The summed E-state index contributed by atoms with van der Waals surface area (Å²) in [6.07, 6.45) is 6.09. The topological polar surface area (TPSA) is 92.6 Å². The summed E-state index contributed by atoms with van der Waals surface area (Å²) in [4.78, 5) is 16.2. The van der Waals surface area contributed by atoms with Crippen molar-refractivity contribution in [2.24, 2.45) is 5.92 Å².